The van der Waals surface area contributed by atoms with E-state index >= 15 is 0 Å². The lowest BCUT2D eigenvalue weighted by Crippen LogP contribution is -2.54. The zero-order valence-corrected chi connectivity index (χ0v) is 15.6. The van der Waals surface area contributed by atoms with Crippen LogP contribution in [-0.4, -0.2) is 37.6 Å². The molecule has 1 saturated heterocycles. The van der Waals surface area contributed by atoms with Crippen molar-refractivity contribution in [3.63, 3.8) is 0 Å². The van der Waals surface area contributed by atoms with E-state index in [9.17, 15) is 34.6 Å². The van der Waals surface area contributed by atoms with Gasteiger partial charge in [-0.1, -0.05) is 18.2 Å². The van der Waals surface area contributed by atoms with Gasteiger partial charge in [-0.15, -0.1) is 0 Å². The standard InChI is InChI=1S/C19H16N4O7/c24-17-6-3-7-18(25)21(17)20(12-14-4-1-2-5-16(14)23(29)30)19(26)13-8-10-15(11-9-13)22(27)28/h1-2,4-5,8-11H,3,6-7,12H2. The van der Waals surface area contributed by atoms with Gasteiger partial charge in [0, 0.05) is 36.6 Å². The van der Waals surface area contributed by atoms with Crippen LogP contribution < -0.4 is 0 Å². The van der Waals surface area contributed by atoms with Gasteiger partial charge < -0.3 is 0 Å². The molecule has 11 heteroatoms. The van der Waals surface area contributed by atoms with Gasteiger partial charge in [-0.3, -0.25) is 34.6 Å². The molecule has 1 aliphatic rings. The van der Waals surface area contributed by atoms with E-state index in [2.05, 4.69) is 0 Å². The molecule has 154 valence electrons. The number of carbonyl (C=O) groups excluding carboxylic acids is 3. The van der Waals surface area contributed by atoms with E-state index in [1.807, 2.05) is 0 Å². The summed E-state index contributed by atoms with van der Waals surface area (Å²) in [6.07, 6.45) is 0.443. The summed E-state index contributed by atoms with van der Waals surface area (Å²) < 4.78 is 0. The Morgan fingerprint density at radius 2 is 1.53 bits per heavy atom. The summed E-state index contributed by atoms with van der Waals surface area (Å²) in [4.78, 5) is 58.9. The first-order chi connectivity index (χ1) is 14.3. The van der Waals surface area contributed by atoms with Crippen molar-refractivity contribution in [2.75, 3.05) is 0 Å². The van der Waals surface area contributed by atoms with Crippen molar-refractivity contribution in [2.24, 2.45) is 0 Å². The highest BCUT2D eigenvalue weighted by Gasteiger charge is 2.36. The first-order valence-electron chi connectivity index (χ1n) is 8.94. The van der Waals surface area contributed by atoms with Crippen LogP contribution in [-0.2, 0) is 16.1 Å². The van der Waals surface area contributed by atoms with Crippen LogP contribution in [0.2, 0.25) is 0 Å². The lowest BCUT2D eigenvalue weighted by Gasteiger charge is -2.35. The molecule has 1 heterocycles. The first kappa shape index (κ1) is 20.6. The molecule has 0 N–H and O–H groups in total. The molecule has 3 amide bonds. The van der Waals surface area contributed by atoms with Crippen molar-refractivity contribution in [3.05, 3.63) is 79.9 Å². The number of hydrogen-bond donors (Lipinski definition) is 0. The Bertz CT molecular complexity index is 1020. The number of piperidine rings is 1. The van der Waals surface area contributed by atoms with Gasteiger partial charge in [0.15, 0.2) is 0 Å². The van der Waals surface area contributed by atoms with Gasteiger partial charge in [0.25, 0.3) is 17.3 Å². The van der Waals surface area contributed by atoms with Crippen LogP contribution in [0.15, 0.2) is 48.5 Å². The first-order valence-corrected chi connectivity index (χ1v) is 8.94. The number of hydrazine groups is 1. The fourth-order valence-corrected chi connectivity index (χ4v) is 3.10. The molecule has 0 saturated carbocycles. The smallest absolute Gasteiger partial charge is 0.273 e. The largest absolute Gasteiger partial charge is 0.274 e. The summed E-state index contributed by atoms with van der Waals surface area (Å²) in [5.74, 6) is -1.98. The summed E-state index contributed by atoms with van der Waals surface area (Å²) >= 11 is 0. The van der Waals surface area contributed by atoms with Crippen LogP contribution in [0, 0.1) is 20.2 Å². The predicted molar refractivity (Wildman–Crippen MR) is 102 cm³/mol. The number of amides is 3. The molecule has 0 spiro atoms. The highest BCUT2D eigenvalue weighted by Crippen LogP contribution is 2.25. The highest BCUT2D eigenvalue weighted by molar-refractivity contribution is 6.02. The molecule has 0 aromatic heterocycles. The van der Waals surface area contributed by atoms with Crippen LogP contribution in [0.5, 0.6) is 0 Å². The Balaban J connectivity index is 2.02. The monoisotopic (exact) mass is 412 g/mol. The van der Waals surface area contributed by atoms with E-state index in [1.165, 1.54) is 36.4 Å². The summed E-state index contributed by atoms with van der Waals surface area (Å²) in [6, 6.07) is 10.3. The fourth-order valence-electron chi connectivity index (χ4n) is 3.10. The zero-order chi connectivity index (χ0) is 21.8. The van der Waals surface area contributed by atoms with Gasteiger partial charge in [-0.25, -0.2) is 5.01 Å². The third-order valence-electron chi connectivity index (χ3n) is 4.56. The topological polar surface area (TPSA) is 144 Å². The van der Waals surface area contributed by atoms with Gasteiger partial charge in [-0.05, 0) is 18.6 Å². The summed E-state index contributed by atoms with van der Waals surface area (Å²) in [5.41, 5.74) is -0.382. The molecule has 0 unspecified atom stereocenters. The Kier molecular flexibility index (Phi) is 5.81. The van der Waals surface area contributed by atoms with Gasteiger partial charge >= 0.3 is 0 Å². The van der Waals surface area contributed by atoms with E-state index in [-0.39, 0.29) is 35.3 Å². The average Bonchev–Trinajstić information content (AvgIpc) is 2.72. The molecular formula is C19H16N4O7. The predicted octanol–water partition coefficient (Wildman–Crippen LogP) is 2.60. The minimum Gasteiger partial charge on any atom is -0.273 e. The van der Waals surface area contributed by atoms with Gasteiger partial charge in [0.1, 0.15) is 0 Å². The Hall–Kier alpha value is -4.15. The molecule has 1 fully saturated rings. The Labute approximate surface area is 169 Å². The molecule has 3 rings (SSSR count). The second kappa shape index (κ2) is 8.47. The maximum Gasteiger partial charge on any atom is 0.274 e. The maximum atomic E-state index is 13.1. The fraction of sp³-hybridized carbons (Fsp3) is 0.211. The molecule has 11 nitrogen and oxygen atoms in total. The number of rotatable bonds is 6. The zero-order valence-electron chi connectivity index (χ0n) is 15.6. The van der Waals surface area contributed by atoms with E-state index in [4.69, 9.17) is 0 Å². The molecule has 0 bridgehead atoms. The van der Waals surface area contributed by atoms with Crippen LogP contribution in [0.4, 0.5) is 11.4 Å². The van der Waals surface area contributed by atoms with Gasteiger partial charge in [0.2, 0.25) is 11.8 Å². The minimum atomic E-state index is -0.786. The van der Waals surface area contributed by atoms with Crippen molar-refractivity contribution in [3.8, 4) is 0 Å². The number of carbonyl (C=O) groups is 3. The average molecular weight is 412 g/mol. The SMILES string of the molecule is O=C(c1ccc([N+](=O)[O-])cc1)N(Cc1ccccc1[N+](=O)[O-])N1C(=O)CCCC1=O. The number of non-ortho nitro benzene ring substituents is 1. The number of benzene rings is 2. The maximum absolute atomic E-state index is 13.1. The lowest BCUT2D eigenvalue weighted by molar-refractivity contribution is -0.385. The molecule has 0 radical (unpaired) electrons. The van der Waals surface area contributed by atoms with Gasteiger partial charge in [-0.2, -0.15) is 5.01 Å². The number of hydrogen-bond acceptors (Lipinski definition) is 7. The summed E-state index contributed by atoms with van der Waals surface area (Å²) in [5, 5.41) is 23.7. The van der Waals surface area contributed by atoms with E-state index < -0.39 is 34.1 Å². The quantitative estimate of drug-likeness (QED) is 0.403. The van der Waals surface area contributed by atoms with Crippen LogP contribution in [0.25, 0.3) is 0 Å². The number of nitro groups is 2. The van der Waals surface area contributed by atoms with Crippen molar-refractivity contribution < 1.29 is 24.2 Å². The van der Waals surface area contributed by atoms with E-state index in [0.717, 1.165) is 17.1 Å². The molecule has 0 aliphatic carbocycles. The number of para-hydroxylation sites is 1. The number of nitro benzene ring substituents is 2. The second-order valence-electron chi connectivity index (χ2n) is 6.51. The Morgan fingerprint density at radius 3 is 2.10 bits per heavy atom. The van der Waals surface area contributed by atoms with Gasteiger partial charge in [0.05, 0.1) is 22.0 Å². The van der Waals surface area contributed by atoms with Crippen LogP contribution in [0.3, 0.4) is 0 Å². The summed E-state index contributed by atoms with van der Waals surface area (Å²) in [6.45, 7) is -0.398. The minimum absolute atomic E-state index is 0.00893. The molecule has 2 aromatic carbocycles. The van der Waals surface area contributed by atoms with Crippen LogP contribution >= 0.6 is 0 Å². The number of imide groups is 1. The molecule has 1 aliphatic heterocycles. The van der Waals surface area contributed by atoms with Crippen molar-refractivity contribution >= 4 is 29.1 Å². The molecule has 30 heavy (non-hydrogen) atoms. The molecule has 2 aromatic rings. The molecule has 0 atom stereocenters. The Morgan fingerprint density at radius 1 is 0.933 bits per heavy atom. The lowest BCUT2D eigenvalue weighted by atomic mass is 10.1. The third-order valence-corrected chi connectivity index (χ3v) is 4.56. The van der Waals surface area contributed by atoms with Crippen molar-refractivity contribution in [1.29, 1.82) is 0 Å². The van der Waals surface area contributed by atoms with E-state index in [0.29, 0.717) is 11.4 Å². The van der Waals surface area contributed by atoms with Crippen molar-refractivity contribution in [2.45, 2.75) is 25.8 Å². The second-order valence-corrected chi connectivity index (χ2v) is 6.51. The number of nitrogens with zero attached hydrogens (tertiary/aromatic N) is 4. The normalized spacial score (nSPS) is 13.8. The van der Waals surface area contributed by atoms with Crippen LogP contribution in [0.1, 0.15) is 35.2 Å². The van der Waals surface area contributed by atoms with E-state index in [1.54, 1.807) is 0 Å². The van der Waals surface area contributed by atoms with Crippen molar-refractivity contribution in [1.82, 2.24) is 10.0 Å². The highest BCUT2D eigenvalue weighted by atomic mass is 16.6. The summed E-state index contributed by atoms with van der Waals surface area (Å²) in [7, 11) is 0. The third kappa shape index (κ3) is 4.14. The molecular weight excluding hydrogens is 396 g/mol.